The summed E-state index contributed by atoms with van der Waals surface area (Å²) in [7, 11) is 0. The summed E-state index contributed by atoms with van der Waals surface area (Å²) in [6, 6.07) is 26.2. The number of ether oxygens (including phenoxy) is 1. The van der Waals surface area contributed by atoms with Crippen molar-refractivity contribution in [3.63, 3.8) is 0 Å². The van der Waals surface area contributed by atoms with Crippen LogP contribution in [0.25, 0.3) is 11.3 Å². The molecule has 0 spiro atoms. The predicted molar refractivity (Wildman–Crippen MR) is 134 cm³/mol. The fraction of sp³-hybridized carbons (Fsp3) is 0.241. The zero-order chi connectivity index (χ0) is 24.7. The van der Waals surface area contributed by atoms with Gasteiger partial charge in [-0.25, -0.2) is 4.39 Å². The van der Waals surface area contributed by atoms with E-state index in [0.29, 0.717) is 18.7 Å². The van der Waals surface area contributed by atoms with Gasteiger partial charge in [-0.1, -0.05) is 35.5 Å². The van der Waals surface area contributed by atoms with E-state index in [9.17, 15) is 4.39 Å². The van der Waals surface area contributed by atoms with Crippen molar-refractivity contribution in [2.24, 2.45) is 0 Å². The maximum absolute atomic E-state index is 13.9. The first-order valence-corrected chi connectivity index (χ1v) is 12.0. The minimum Gasteiger partial charge on any atom is -0.489 e. The number of halogens is 1. The van der Waals surface area contributed by atoms with Crippen LogP contribution in [0.3, 0.4) is 0 Å². The van der Waals surface area contributed by atoms with Gasteiger partial charge in [0.1, 0.15) is 18.2 Å². The molecule has 1 aliphatic rings. The highest BCUT2D eigenvalue weighted by atomic mass is 19.1. The topological polar surface area (TPSA) is 65.5 Å². The molecule has 0 unspecified atom stereocenters. The van der Waals surface area contributed by atoms with Gasteiger partial charge < -0.3 is 9.26 Å². The molecule has 1 aliphatic heterocycles. The Balaban J connectivity index is 1.11. The van der Waals surface area contributed by atoms with Crippen LogP contribution in [0.5, 0.6) is 5.75 Å². The van der Waals surface area contributed by atoms with Gasteiger partial charge in [0.25, 0.3) is 0 Å². The van der Waals surface area contributed by atoms with Crippen LogP contribution >= 0.6 is 0 Å². The van der Waals surface area contributed by atoms with Gasteiger partial charge in [0.05, 0.1) is 17.3 Å². The molecule has 1 fully saturated rings. The number of rotatable bonds is 8. The second-order valence-corrected chi connectivity index (χ2v) is 8.95. The number of aromatic nitrogens is 1. The molecule has 4 aromatic rings. The summed E-state index contributed by atoms with van der Waals surface area (Å²) in [5.74, 6) is 1.32. The predicted octanol–water partition coefficient (Wildman–Crippen LogP) is 5.25. The highest BCUT2D eigenvalue weighted by molar-refractivity contribution is 5.58. The molecule has 0 saturated carbocycles. The van der Waals surface area contributed by atoms with E-state index < -0.39 is 0 Å². The highest BCUT2D eigenvalue weighted by Crippen LogP contribution is 2.24. The van der Waals surface area contributed by atoms with Crippen LogP contribution in [0, 0.1) is 17.1 Å². The van der Waals surface area contributed by atoms with Crippen molar-refractivity contribution in [2.45, 2.75) is 19.7 Å². The molecule has 0 bridgehead atoms. The average Bonchev–Trinajstić information content (AvgIpc) is 3.39. The van der Waals surface area contributed by atoms with Crippen LogP contribution < -0.4 is 4.74 Å². The minimum atomic E-state index is -0.139. The summed E-state index contributed by atoms with van der Waals surface area (Å²) < 4.78 is 25.4. The largest absolute Gasteiger partial charge is 0.489 e. The molecule has 7 heteroatoms. The van der Waals surface area contributed by atoms with Crippen molar-refractivity contribution in [3.8, 4) is 23.1 Å². The van der Waals surface area contributed by atoms with E-state index in [4.69, 9.17) is 14.5 Å². The van der Waals surface area contributed by atoms with Crippen LogP contribution in [0.2, 0.25) is 0 Å². The Bertz CT molecular complexity index is 1340. The lowest BCUT2D eigenvalue weighted by atomic mass is 10.1. The maximum atomic E-state index is 13.9. The molecule has 36 heavy (non-hydrogen) atoms. The lowest BCUT2D eigenvalue weighted by molar-refractivity contribution is 0.119. The third-order valence-corrected chi connectivity index (χ3v) is 6.36. The summed E-state index contributed by atoms with van der Waals surface area (Å²) in [5, 5.41) is 13.3. The molecule has 0 N–H and O–H groups in total. The van der Waals surface area contributed by atoms with Crippen molar-refractivity contribution >= 4 is 0 Å². The van der Waals surface area contributed by atoms with Gasteiger partial charge in [0.15, 0.2) is 5.76 Å². The molecule has 0 amide bonds. The van der Waals surface area contributed by atoms with E-state index in [1.165, 1.54) is 6.07 Å². The number of nitrogens with zero attached hydrogens (tertiary/aromatic N) is 4. The summed E-state index contributed by atoms with van der Waals surface area (Å²) in [6.07, 6.45) is 0. The fourth-order valence-corrected chi connectivity index (χ4v) is 4.34. The molecule has 6 nitrogen and oxygen atoms in total. The lowest BCUT2D eigenvalue weighted by Gasteiger charge is -2.34. The highest BCUT2D eigenvalue weighted by Gasteiger charge is 2.19. The standard InChI is InChI=1S/C29H27FN4O2/c30-28-7-2-1-6-25(28)19-33-12-14-34(15-13-33)20-26-17-29(36-32-26)24-8-10-27(11-9-24)35-21-23-5-3-4-22(16-23)18-31/h1-11,16-17H,12-15,19-21H2. The summed E-state index contributed by atoms with van der Waals surface area (Å²) in [4.78, 5) is 4.63. The Morgan fingerprint density at radius 2 is 1.64 bits per heavy atom. The first-order chi connectivity index (χ1) is 17.7. The van der Waals surface area contributed by atoms with E-state index in [1.807, 2.05) is 60.7 Å². The van der Waals surface area contributed by atoms with Gasteiger partial charge in [-0.2, -0.15) is 5.26 Å². The molecule has 2 heterocycles. The number of benzene rings is 3. The van der Waals surface area contributed by atoms with Gasteiger partial charge in [-0.15, -0.1) is 0 Å². The van der Waals surface area contributed by atoms with E-state index in [1.54, 1.807) is 12.1 Å². The number of hydrogen-bond acceptors (Lipinski definition) is 6. The van der Waals surface area contributed by atoms with E-state index in [0.717, 1.165) is 66.6 Å². The van der Waals surface area contributed by atoms with Crippen LogP contribution in [0.4, 0.5) is 4.39 Å². The SMILES string of the molecule is N#Cc1cccc(COc2ccc(-c3cc(CN4CCN(Cc5ccccc5F)CC4)no3)cc2)c1. The zero-order valence-corrected chi connectivity index (χ0v) is 19.9. The van der Waals surface area contributed by atoms with Crippen molar-refractivity contribution in [3.05, 3.63) is 107 Å². The van der Waals surface area contributed by atoms with Gasteiger partial charge in [0.2, 0.25) is 0 Å². The first kappa shape index (κ1) is 23.7. The Morgan fingerprint density at radius 3 is 2.39 bits per heavy atom. The van der Waals surface area contributed by atoms with Gasteiger partial charge in [0, 0.05) is 56.5 Å². The zero-order valence-electron chi connectivity index (χ0n) is 19.9. The van der Waals surface area contributed by atoms with E-state index >= 15 is 0 Å². The Morgan fingerprint density at radius 1 is 0.889 bits per heavy atom. The summed E-state index contributed by atoms with van der Waals surface area (Å²) in [5.41, 5.74) is 4.15. The third kappa shape index (κ3) is 5.98. The molecule has 182 valence electrons. The van der Waals surface area contributed by atoms with Crippen molar-refractivity contribution in [1.82, 2.24) is 15.0 Å². The minimum absolute atomic E-state index is 0.139. The Kier molecular flexibility index (Phi) is 7.36. The van der Waals surface area contributed by atoms with E-state index in [-0.39, 0.29) is 5.82 Å². The van der Waals surface area contributed by atoms with Crippen LogP contribution in [0.1, 0.15) is 22.4 Å². The monoisotopic (exact) mass is 482 g/mol. The van der Waals surface area contributed by atoms with Crippen LogP contribution in [-0.2, 0) is 19.7 Å². The normalized spacial score (nSPS) is 14.4. The average molecular weight is 483 g/mol. The lowest BCUT2D eigenvalue weighted by Crippen LogP contribution is -2.45. The number of piperazine rings is 1. The fourth-order valence-electron chi connectivity index (χ4n) is 4.34. The van der Waals surface area contributed by atoms with Gasteiger partial charge >= 0.3 is 0 Å². The number of hydrogen-bond donors (Lipinski definition) is 0. The van der Waals surface area contributed by atoms with Crippen molar-refractivity contribution in [2.75, 3.05) is 26.2 Å². The van der Waals surface area contributed by atoms with Crippen LogP contribution in [0.15, 0.2) is 83.4 Å². The maximum Gasteiger partial charge on any atom is 0.167 e. The second-order valence-electron chi connectivity index (χ2n) is 8.95. The van der Waals surface area contributed by atoms with Gasteiger partial charge in [-0.05, 0) is 48.0 Å². The Labute approximate surface area is 210 Å². The molecule has 0 aliphatic carbocycles. The third-order valence-electron chi connectivity index (χ3n) is 6.36. The second kappa shape index (κ2) is 11.2. The molecule has 0 atom stereocenters. The molecule has 0 radical (unpaired) electrons. The van der Waals surface area contributed by atoms with Crippen molar-refractivity contribution in [1.29, 1.82) is 5.26 Å². The summed E-state index contributed by atoms with van der Waals surface area (Å²) >= 11 is 0. The quantitative estimate of drug-likeness (QED) is 0.342. The number of nitriles is 1. The summed E-state index contributed by atoms with van der Waals surface area (Å²) in [6.45, 7) is 5.35. The molecule has 1 saturated heterocycles. The molecular formula is C29H27FN4O2. The molecular weight excluding hydrogens is 455 g/mol. The van der Waals surface area contributed by atoms with Crippen molar-refractivity contribution < 1.29 is 13.7 Å². The Hall–Kier alpha value is -3.99. The molecule has 1 aromatic heterocycles. The molecule has 5 rings (SSSR count). The molecule has 3 aromatic carbocycles. The van der Waals surface area contributed by atoms with Crippen LogP contribution in [-0.4, -0.2) is 41.1 Å². The smallest absolute Gasteiger partial charge is 0.167 e. The van der Waals surface area contributed by atoms with E-state index in [2.05, 4.69) is 21.0 Å². The van der Waals surface area contributed by atoms with Gasteiger partial charge in [-0.3, -0.25) is 9.80 Å². The first-order valence-electron chi connectivity index (χ1n) is 12.0.